The van der Waals surface area contributed by atoms with Crippen LogP contribution >= 0.6 is 0 Å². The molecule has 3 N–H and O–H groups in total. The molecule has 1 aliphatic carbocycles. The van der Waals surface area contributed by atoms with Gasteiger partial charge in [-0.15, -0.1) is 0 Å². The third kappa shape index (κ3) is 3.45. The summed E-state index contributed by atoms with van der Waals surface area (Å²) in [5.41, 5.74) is 5.08. The molecule has 1 aromatic carbocycles. The number of guanidine groups is 1. The number of benzene rings is 1. The standard InChI is InChI=1S/C21H31N5/c1-13-11-26(17-6-7-17)12-20(13)25-21(22-4)23-10-16-5-8-19-18(9-16)14(2)15(3)24-19/h5,8-9,13,17,20,24H,6-7,10-12H2,1-4H3,(H2,22,23,25). The second kappa shape index (κ2) is 6.95. The Morgan fingerprint density at radius 1 is 1.27 bits per heavy atom. The number of hydrogen-bond donors (Lipinski definition) is 3. The highest BCUT2D eigenvalue weighted by Crippen LogP contribution is 2.31. The molecule has 0 spiro atoms. The average Bonchev–Trinajstić information content (AvgIpc) is 3.37. The van der Waals surface area contributed by atoms with Crippen molar-refractivity contribution in [3.8, 4) is 0 Å². The van der Waals surface area contributed by atoms with E-state index in [9.17, 15) is 0 Å². The van der Waals surface area contributed by atoms with Crippen molar-refractivity contribution in [2.45, 2.75) is 52.2 Å². The summed E-state index contributed by atoms with van der Waals surface area (Å²) >= 11 is 0. The van der Waals surface area contributed by atoms with Gasteiger partial charge < -0.3 is 15.6 Å². The number of hydrogen-bond acceptors (Lipinski definition) is 2. The highest BCUT2D eigenvalue weighted by molar-refractivity contribution is 5.85. The van der Waals surface area contributed by atoms with E-state index in [0.717, 1.165) is 25.1 Å². The first-order valence-corrected chi connectivity index (χ1v) is 9.84. The van der Waals surface area contributed by atoms with Crippen molar-refractivity contribution < 1.29 is 0 Å². The van der Waals surface area contributed by atoms with Crippen LogP contribution in [0.4, 0.5) is 0 Å². The fourth-order valence-corrected chi connectivity index (χ4v) is 4.10. The summed E-state index contributed by atoms with van der Waals surface area (Å²) in [5, 5.41) is 8.45. The van der Waals surface area contributed by atoms with Gasteiger partial charge in [0.15, 0.2) is 5.96 Å². The number of nitrogens with zero attached hydrogens (tertiary/aromatic N) is 2. The Morgan fingerprint density at radius 2 is 2.08 bits per heavy atom. The number of aromatic amines is 1. The summed E-state index contributed by atoms with van der Waals surface area (Å²) in [6.45, 7) is 9.79. The molecule has 0 radical (unpaired) electrons. The summed E-state index contributed by atoms with van der Waals surface area (Å²) in [6, 6.07) is 7.97. The molecule has 5 heteroatoms. The Morgan fingerprint density at radius 3 is 2.81 bits per heavy atom. The molecule has 2 fully saturated rings. The predicted molar refractivity (Wildman–Crippen MR) is 109 cm³/mol. The number of aryl methyl sites for hydroxylation is 2. The summed E-state index contributed by atoms with van der Waals surface area (Å²) < 4.78 is 0. The molecule has 26 heavy (non-hydrogen) atoms. The van der Waals surface area contributed by atoms with Gasteiger partial charge in [-0.05, 0) is 55.9 Å². The van der Waals surface area contributed by atoms with Gasteiger partial charge in [0, 0.05) is 55.4 Å². The van der Waals surface area contributed by atoms with Crippen molar-refractivity contribution in [1.82, 2.24) is 20.5 Å². The fourth-order valence-electron chi connectivity index (χ4n) is 4.10. The molecule has 2 unspecified atom stereocenters. The van der Waals surface area contributed by atoms with E-state index in [-0.39, 0.29) is 0 Å². The maximum absolute atomic E-state index is 4.44. The van der Waals surface area contributed by atoms with Crippen LogP contribution in [0.1, 0.15) is 36.6 Å². The van der Waals surface area contributed by atoms with E-state index >= 15 is 0 Å². The number of nitrogens with one attached hydrogen (secondary N) is 3. The quantitative estimate of drug-likeness (QED) is 0.585. The third-order valence-corrected chi connectivity index (χ3v) is 6.08. The molecule has 5 nitrogen and oxygen atoms in total. The zero-order valence-electron chi connectivity index (χ0n) is 16.4. The minimum absolute atomic E-state index is 0.485. The van der Waals surface area contributed by atoms with E-state index < -0.39 is 0 Å². The van der Waals surface area contributed by atoms with Gasteiger partial charge in [-0.3, -0.25) is 9.89 Å². The first-order valence-electron chi connectivity index (χ1n) is 9.84. The fraction of sp³-hybridized carbons (Fsp3) is 0.571. The zero-order valence-corrected chi connectivity index (χ0v) is 16.4. The minimum atomic E-state index is 0.485. The Kier molecular flexibility index (Phi) is 4.65. The van der Waals surface area contributed by atoms with Gasteiger partial charge in [-0.25, -0.2) is 0 Å². The molecule has 140 valence electrons. The predicted octanol–water partition coefficient (Wildman–Crippen LogP) is 2.93. The van der Waals surface area contributed by atoms with E-state index in [1.54, 1.807) is 0 Å². The van der Waals surface area contributed by atoms with E-state index in [4.69, 9.17) is 0 Å². The number of rotatable bonds is 4. The molecule has 1 aromatic heterocycles. The number of aliphatic imine (C=N–C) groups is 1. The Balaban J connectivity index is 1.37. The smallest absolute Gasteiger partial charge is 0.191 e. The Bertz CT molecular complexity index is 817. The monoisotopic (exact) mass is 353 g/mol. The van der Waals surface area contributed by atoms with Crippen molar-refractivity contribution in [3.05, 3.63) is 35.0 Å². The first kappa shape index (κ1) is 17.4. The van der Waals surface area contributed by atoms with E-state index in [0.29, 0.717) is 12.0 Å². The van der Waals surface area contributed by atoms with Crippen LogP contribution in [0.5, 0.6) is 0 Å². The van der Waals surface area contributed by atoms with Gasteiger partial charge in [0.05, 0.1) is 0 Å². The number of H-pyrrole nitrogens is 1. The van der Waals surface area contributed by atoms with Crippen LogP contribution in [-0.2, 0) is 6.54 Å². The SMILES string of the molecule is CN=C(NCc1ccc2[nH]c(C)c(C)c2c1)NC1CN(C2CC2)CC1C. The molecule has 4 rings (SSSR count). The molecule has 1 saturated heterocycles. The molecular weight excluding hydrogens is 322 g/mol. The summed E-state index contributed by atoms with van der Waals surface area (Å²) in [7, 11) is 1.86. The molecule has 0 amide bonds. The van der Waals surface area contributed by atoms with Crippen molar-refractivity contribution in [3.63, 3.8) is 0 Å². The maximum Gasteiger partial charge on any atom is 0.191 e. The van der Waals surface area contributed by atoms with Crippen molar-refractivity contribution in [2.24, 2.45) is 10.9 Å². The minimum Gasteiger partial charge on any atom is -0.358 e. The lowest BCUT2D eigenvalue weighted by molar-refractivity contribution is 0.315. The number of aromatic nitrogens is 1. The van der Waals surface area contributed by atoms with E-state index in [1.807, 2.05) is 7.05 Å². The van der Waals surface area contributed by atoms with Gasteiger partial charge in [-0.1, -0.05) is 13.0 Å². The second-order valence-electron chi connectivity index (χ2n) is 8.09. The summed E-state index contributed by atoms with van der Waals surface area (Å²) in [5.74, 6) is 1.57. The van der Waals surface area contributed by atoms with Crippen LogP contribution in [-0.4, -0.2) is 48.1 Å². The lowest BCUT2D eigenvalue weighted by Crippen LogP contribution is -2.46. The van der Waals surface area contributed by atoms with Crippen LogP contribution in [0.15, 0.2) is 23.2 Å². The number of likely N-dealkylation sites (tertiary alicyclic amines) is 1. The van der Waals surface area contributed by atoms with Crippen LogP contribution in [0.3, 0.4) is 0 Å². The van der Waals surface area contributed by atoms with Gasteiger partial charge in [0.2, 0.25) is 0 Å². The summed E-state index contributed by atoms with van der Waals surface area (Å²) in [4.78, 5) is 10.5. The van der Waals surface area contributed by atoms with Crippen LogP contribution < -0.4 is 10.6 Å². The van der Waals surface area contributed by atoms with Crippen molar-refractivity contribution >= 4 is 16.9 Å². The lowest BCUT2D eigenvalue weighted by Gasteiger charge is -2.20. The normalized spacial score (nSPS) is 24.4. The highest BCUT2D eigenvalue weighted by atomic mass is 15.3. The van der Waals surface area contributed by atoms with Crippen molar-refractivity contribution in [2.75, 3.05) is 20.1 Å². The maximum atomic E-state index is 4.44. The Hall–Kier alpha value is -2.01. The largest absolute Gasteiger partial charge is 0.358 e. The zero-order chi connectivity index (χ0) is 18.3. The molecule has 2 aliphatic rings. The van der Waals surface area contributed by atoms with Crippen LogP contribution in [0, 0.1) is 19.8 Å². The topological polar surface area (TPSA) is 55.5 Å². The highest BCUT2D eigenvalue weighted by Gasteiger charge is 2.38. The molecule has 2 aromatic rings. The summed E-state index contributed by atoms with van der Waals surface area (Å²) in [6.07, 6.45) is 2.76. The average molecular weight is 354 g/mol. The molecule has 2 heterocycles. The molecule has 1 aliphatic heterocycles. The second-order valence-corrected chi connectivity index (χ2v) is 8.09. The molecule has 1 saturated carbocycles. The van der Waals surface area contributed by atoms with Gasteiger partial charge in [-0.2, -0.15) is 0 Å². The first-order chi connectivity index (χ1) is 12.5. The molecule has 2 atom stereocenters. The van der Waals surface area contributed by atoms with Crippen LogP contribution in [0.25, 0.3) is 10.9 Å². The van der Waals surface area contributed by atoms with Gasteiger partial charge in [0.25, 0.3) is 0 Å². The Labute approximate surface area is 156 Å². The molecular formula is C21H31N5. The van der Waals surface area contributed by atoms with Crippen LogP contribution in [0.2, 0.25) is 0 Å². The van der Waals surface area contributed by atoms with E-state index in [1.165, 1.54) is 47.1 Å². The number of fused-ring (bicyclic) bond motifs is 1. The lowest BCUT2D eigenvalue weighted by atomic mass is 10.1. The van der Waals surface area contributed by atoms with Crippen molar-refractivity contribution in [1.29, 1.82) is 0 Å². The molecule has 0 bridgehead atoms. The van der Waals surface area contributed by atoms with Gasteiger partial charge >= 0.3 is 0 Å². The third-order valence-electron chi connectivity index (χ3n) is 6.08. The van der Waals surface area contributed by atoms with Gasteiger partial charge in [0.1, 0.15) is 0 Å². The van der Waals surface area contributed by atoms with E-state index in [2.05, 4.69) is 64.5 Å².